The lowest BCUT2D eigenvalue weighted by molar-refractivity contribution is 0.0988. The van der Waals surface area contributed by atoms with E-state index in [1.165, 1.54) is 11.5 Å². The van der Waals surface area contributed by atoms with E-state index in [9.17, 15) is 4.79 Å². The molecule has 0 radical (unpaired) electrons. The zero-order chi connectivity index (χ0) is 8.27. The van der Waals surface area contributed by atoms with E-state index >= 15 is 0 Å². The van der Waals surface area contributed by atoms with Gasteiger partial charge >= 0.3 is 0 Å². The Bertz CT molecular complexity index is 261. The summed E-state index contributed by atoms with van der Waals surface area (Å²) in [5.41, 5.74) is 5.23. The first kappa shape index (κ1) is 8.83. The molecule has 0 aliphatic carbocycles. The fourth-order valence-electron chi connectivity index (χ4n) is 0.656. The zero-order valence-corrected chi connectivity index (χ0v) is 8.11. The van der Waals surface area contributed by atoms with E-state index in [1.54, 1.807) is 6.20 Å². The monoisotopic (exact) mass is 234 g/mol. The number of Topliss-reactive ketones (excluding diaryl/α,β-unsaturated/α-hetero) is 1. The van der Waals surface area contributed by atoms with Crippen molar-refractivity contribution in [2.45, 2.75) is 6.42 Å². The topological polar surface area (TPSA) is 56.0 Å². The number of aromatic nitrogens is 1. The lowest BCUT2D eigenvalue weighted by Crippen LogP contribution is -2.06. The van der Waals surface area contributed by atoms with Gasteiger partial charge in [-0.25, -0.2) is 0 Å². The lowest BCUT2D eigenvalue weighted by atomic mass is 10.2. The average Bonchev–Trinajstić information content (AvgIpc) is 2.36. The molecule has 0 fully saturated rings. The van der Waals surface area contributed by atoms with Crippen LogP contribution in [0.5, 0.6) is 0 Å². The number of ketones is 1. The third-order valence-corrected chi connectivity index (χ3v) is 2.86. The standard InChI is InChI=1S/C6H7BrN2OS/c7-4-3-9-11-6(4)5(10)1-2-8/h3H,1-2,8H2. The number of carbonyl (C=O) groups is 1. The molecule has 1 heterocycles. The molecule has 60 valence electrons. The Morgan fingerprint density at radius 2 is 2.55 bits per heavy atom. The Morgan fingerprint density at radius 1 is 1.82 bits per heavy atom. The van der Waals surface area contributed by atoms with Crippen LogP contribution in [-0.4, -0.2) is 16.7 Å². The summed E-state index contributed by atoms with van der Waals surface area (Å²) in [5, 5.41) is 0. The third kappa shape index (κ3) is 2.08. The smallest absolute Gasteiger partial charge is 0.176 e. The van der Waals surface area contributed by atoms with E-state index in [0.29, 0.717) is 17.8 Å². The highest BCUT2D eigenvalue weighted by Gasteiger charge is 2.10. The quantitative estimate of drug-likeness (QED) is 0.806. The van der Waals surface area contributed by atoms with Crippen LogP contribution in [0.1, 0.15) is 16.1 Å². The van der Waals surface area contributed by atoms with Gasteiger partial charge in [0, 0.05) is 6.42 Å². The largest absolute Gasteiger partial charge is 0.330 e. The summed E-state index contributed by atoms with van der Waals surface area (Å²) in [4.78, 5) is 11.8. The number of hydrogen-bond donors (Lipinski definition) is 1. The number of nitrogens with two attached hydrogens (primary N) is 1. The van der Waals surface area contributed by atoms with Crippen LogP contribution in [0, 0.1) is 0 Å². The van der Waals surface area contributed by atoms with Crippen molar-refractivity contribution in [2.24, 2.45) is 5.73 Å². The normalized spacial score (nSPS) is 10.0. The molecular weight excluding hydrogens is 228 g/mol. The molecule has 11 heavy (non-hydrogen) atoms. The molecule has 0 saturated heterocycles. The molecule has 1 aromatic heterocycles. The molecule has 0 unspecified atom stereocenters. The van der Waals surface area contributed by atoms with E-state index < -0.39 is 0 Å². The summed E-state index contributed by atoms with van der Waals surface area (Å²) in [6.45, 7) is 0.392. The third-order valence-electron chi connectivity index (χ3n) is 1.15. The van der Waals surface area contributed by atoms with Crippen molar-refractivity contribution in [1.82, 2.24) is 4.37 Å². The average molecular weight is 235 g/mol. The molecule has 0 spiro atoms. The maximum atomic E-state index is 11.2. The van der Waals surface area contributed by atoms with Gasteiger partial charge in [-0.1, -0.05) is 0 Å². The van der Waals surface area contributed by atoms with Gasteiger partial charge in [0.1, 0.15) is 4.88 Å². The van der Waals surface area contributed by atoms with Gasteiger partial charge in [0.25, 0.3) is 0 Å². The van der Waals surface area contributed by atoms with Crippen LogP contribution in [0.15, 0.2) is 10.7 Å². The summed E-state index contributed by atoms with van der Waals surface area (Å²) in [6, 6.07) is 0. The van der Waals surface area contributed by atoms with Gasteiger partial charge in [-0.2, -0.15) is 4.37 Å². The fourth-order valence-corrected chi connectivity index (χ4v) is 1.94. The molecule has 1 aromatic rings. The van der Waals surface area contributed by atoms with Crippen LogP contribution >= 0.6 is 27.5 Å². The first-order valence-electron chi connectivity index (χ1n) is 3.09. The van der Waals surface area contributed by atoms with Crippen LogP contribution < -0.4 is 5.73 Å². The van der Waals surface area contributed by atoms with Crippen LogP contribution in [-0.2, 0) is 0 Å². The fraction of sp³-hybridized carbons (Fsp3) is 0.333. The van der Waals surface area contributed by atoms with Crippen LogP contribution in [0.2, 0.25) is 0 Å². The molecule has 0 amide bonds. The minimum Gasteiger partial charge on any atom is -0.330 e. The second-order valence-corrected chi connectivity index (χ2v) is 3.62. The molecule has 0 bridgehead atoms. The summed E-state index contributed by atoms with van der Waals surface area (Å²) in [6.07, 6.45) is 2.01. The second kappa shape index (κ2) is 3.94. The minimum absolute atomic E-state index is 0.0573. The summed E-state index contributed by atoms with van der Waals surface area (Å²) in [7, 11) is 0. The Kier molecular flexibility index (Phi) is 3.16. The van der Waals surface area contributed by atoms with Crippen molar-refractivity contribution in [3.63, 3.8) is 0 Å². The van der Waals surface area contributed by atoms with E-state index in [1.807, 2.05) is 0 Å². The zero-order valence-electron chi connectivity index (χ0n) is 5.71. The highest BCUT2D eigenvalue weighted by molar-refractivity contribution is 9.10. The van der Waals surface area contributed by atoms with Gasteiger partial charge in [-0.3, -0.25) is 4.79 Å². The van der Waals surface area contributed by atoms with Gasteiger partial charge in [0.2, 0.25) is 0 Å². The Labute approximate surface area is 76.9 Å². The van der Waals surface area contributed by atoms with Crippen molar-refractivity contribution in [3.05, 3.63) is 15.5 Å². The second-order valence-electron chi connectivity index (χ2n) is 1.96. The Hall–Kier alpha value is -0.260. The Morgan fingerprint density at radius 3 is 3.00 bits per heavy atom. The van der Waals surface area contributed by atoms with Gasteiger partial charge in [0.05, 0.1) is 10.7 Å². The number of nitrogens with zero attached hydrogens (tertiary/aromatic N) is 1. The van der Waals surface area contributed by atoms with E-state index in [4.69, 9.17) is 5.73 Å². The van der Waals surface area contributed by atoms with E-state index in [-0.39, 0.29) is 5.78 Å². The van der Waals surface area contributed by atoms with Crippen LogP contribution in [0.3, 0.4) is 0 Å². The molecule has 3 nitrogen and oxygen atoms in total. The van der Waals surface area contributed by atoms with Gasteiger partial charge in [0.15, 0.2) is 5.78 Å². The molecule has 1 rings (SSSR count). The molecule has 0 aromatic carbocycles. The molecule has 0 atom stereocenters. The molecule has 0 aliphatic heterocycles. The lowest BCUT2D eigenvalue weighted by Gasteiger charge is -1.92. The van der Waals surface area contributed by atoms with Crippen molar-refractivity contribution in [1.29, 1.82) is 0 Å². The molecular formula is C6H7BrN2OS. The number of halogens is 1. The first-order valence-corrected chi connectivity index (χ1v) is 4.65. The molecule has 0 aliphatic rings. The van der Waals surface area contributed by atoms with Gasteiger partial charge < -0.3 is 5.73 Å². The summed E-state index contributed by atoms with van der Waals surface area (Å²) in [5.74, 6) is 0.0573. The minimum atomic E-state index is 0.0573. The molecule has 5 heteroatoms. The van der Waals surface area contributed by atoms with Crippen molar-refractivity contribution in [2.75, 3.05) is 6.54 Å². The predicted molar refractivity (Wildman–Crippen MR) is 47.8 cm³/mol. The van der Waals surface area contributed by atoms with Crippen LogP contribution in [0.25, 0.3) is 0 Å². The van der Waals surface area contributed by atoms with E-state index in [0.717, 1.165) is 4.47 Å². The summed E-state index contributed by atoms with van der Waals surface area (Å²) >= 11 is 4.42. The highest BCUT2D eigenvalue weighted by Crippen LogP contribution is 2.20. The Balaban J connectivity index is 2.76. The van der Waals surface area contributed by atoms with Crippen molar-refractivity contribution >= 4 is 33.2 Å². The van der Waals surface area contributed by atoms with Gasteiger partial charge in [-0.15, -0.1) is 0 Å². The SMILES string of the molecule is NCCC(=O)c1sncc1Br. The number of hydrogen-bond acceptors (Lipinski definition) is 4. The molecule has 0 saturated carbocycles. The first-order chi connectivity index (χ1) is 5.25. The van der Waals surface area contributed by atoms with Crippen molar-refractivity contribution < 1.29 is 4.79 Å². The summed E-state index contributed by atoms with van der Waals surface area (Å²) < 4.78 is 4.62. The maximum Gasteiger partial charge on any atom is 0.176 e. The number of rotatable bonds is 3. The van der Waals surface area contributed by atoms with Crippen LogP contribution in [0.4, 0.5) is 0 Å². The maximum absolute atomic E-state index is 11.2. The highest BCUT2D eigenvalue weighted by atomic mass is 79.9. The predicted octanol–water partition coefficient (Wildman–Crippen LogP) is 1.44. The van der Waals surface area contributed by atoms with Crippen molar-refractivity contribution in [3.8, 4) is 0 Å². The van der Waals surface area contributed by atoms with Gasteiger partial charge in [-0.05, 0) is 34.0 Å². The van der Waals surface area contributed by atoms with E-state index in [2.05, 4.69) is 20.3 Å². The number of carbonyl (C=O) groups excluding carboxylic acids is 1. The molecule has 2 N–H and O–H groups in total.